The Hall–Kier alpha value is -2.23. The summed E-state index contributed by atoms with van der Waals surface area (Å²) in [4.78, 5) is 0. The Morgan fingerprint density at radius 2 is 1.60 bits per heavy atom. The van der Waals surface area contributed by atoms with E-state index in [1.165, 1.54) is 12.1 Å². The molecule has 0 aromatic heterocycles. The van der Waals surface area contributed by atoms with Gasteiger partial charge in [0.05, 0.1) is 11.4 Å². The summed E-state index contributed by atoms with van der Waals surface area (Å²) in [5.41, 5.74) is -0.0259. The van der Waals surface area contributed by atoms with Crippen LogP contribution in [0.15, 0.2) is 35.8 Å². The van der Waals surface area contributed by atoms with E-state index in [-0.39, 0.29) is 11.4 Å². The van der Waals surface area contributed by atoms with E-state index >= 15 is 0 Å². The monoisotopic (exact) mass is 205 g/mol. The number of hydroxylamine groups is 2. The Morgan fingerprint density at radius 1 is 1.07 bits per heavy atom. The Labute approximate surface area is 85.0 Å². The molecule has 0 saturated carbocycles. The van der Waals surface area contributed by atoms with Crippen molar-refractivity contribution in [3.8, 4) is 6.07 Å². The fourth-order valence-corrected chi connectivity index (χ4v) is 1.35. The van der Waals surface area contributed by atoms with E-state index < -0.39 is 11.6 Å². The zero-order valence-electron chi connectivity index (χ0n) is 7.49. The molecular weight excluding hydrogens is 198 g/mol. The number of anilines is 2. The molecule has 0 atom stereocenters. The van der Waals surface area contributed by atoms with Gasteiger partial charge in [-0.2, -0.15) is 10.3 Å². The van der Waals surface area contributed by atoms with Crippen LogP contribution in [0.5, 0.6) is 0 Å². The summed E-state index contributed by atoms with van der Waals surface area (Å²) in [6, 6.07) is 7.83. The summed E-state index contributed by atoms with van der Waals surface area (Å²) in [5, 5.41) is 38.1. The van der Waals surface area contributed by atoms with Gasteiger partial charge in [-0.05, 0) is 12.1 Å². The second-order valence-electron chi connectivity index (χ2n) is 2.90. The summed E-state index contributed by atoms with van der Waals surface area (Å²) >= 11 is 0. The molecule has 76 valence electrons. The average molecular weight is 205 g/mol. The maximum absolute atomic E-state index is 9.56. The third-order valence-corrected chi connectivity index (χ3v) is 2.07. The normalized spacial score (nSPS) is 15.0. The highest BCUT2D eigenvalue weighted by Crippen LogP contribution is 2.36. The summed E-state index contributed by atoms with van der Waals surface area (Å²) in [6.45, 7) is 0. The van der Waals surface area contributed by atoms with Gasteiger partial charge in [-0.3, -0.25) is 10.4 Å². The van der Waals surface area contributed by atoms with Gasteiger partial charge in [0, 0.05) is 0 Å². The van der Waals surface area contributed by atoms with Crippen LogP contribution in [0.1, 0.15) is 0 Å². The van der Waals surface area contributed by atoms with Crippen LogP contribution in [0.2, 0.25) is 0 Å². The van der Waals surface area contributed by atoms with Crippen LogP contribution in [0, 0.1) is 11.3 Å². The third kappa shape index (κ3) is 1.19. The lowest BCUT2D eigenvalue weighted by molar-refractivity contribution is 0.193. The first-order valence-corrected chi connectivity index (χ1v) is 4.07. The number of aliphatic hydroxyl groups is 1. The minimum absolute atomic E-state index is 0.191. The van der Waals surface area contributed by atoms with Crippen LogP contribution >= 0.6 is 0 Å². The van der Waals surface area contributed by atoms with E-state index in [1.807, 2.05) is 0 Å². The summed E-state index contributed by atoms with van der Waals surface area (Å²) in [6.07, 6.45) is 0. The second kappa shape index (κ2) is 3.16. The highest BCUT2D eigenvalue weighted by Gasteiger charge is 2.29. The Morgan fingerprint density at radius 3 is 2.13 bits per heavy atom. The molecule has 0 radical (unpaired) electrons. The van der Waals surface area contributed by atoms with E-state index in [2.05, 4.69) is 0 Å². The standard InChI is InChI=1S/C9H7N3O3/c10-5-8-9(13)12(15)7-4-2-1-3-6(7)11(8)14/h1-4,13-15H. The topological polar surface area (TPSA) is 91.0 Å². The van der Waals surface area contributed by atoms with Gasteiger partial charge in [0.2, 0.25) is 5.70 Å². The fraction of sp³-hybridized carbons (Fsp3) is 0. The van der Waals surface area contributed by atoms with Gasteiger partial charge in [-0.1, -0.05) is 12.1 Å². The van der Waals surface area contributed by atoms with E-state index in [0.717, 1.165) is 0 Å². The molecule has 1 aromatic rings. The molecule has 0 aliphatic carbocycles. The Kier molecular flexibility index (Phi) is 1.97. The van der Waals surface area contributed by atoms with Crippen molar-refractivity contribution in [3.05, 3.63) is 35.8 Å². The van der Waals surface area contributed by atoms with Gasteiger partial charge < -0.3 is 5.11 Å². The van der Waals surface area contributed by atoms with Crippen LogP contribution in [-0.2, 0) is 0 Å². The van der Waals surface area contributed by atoms with Gasteiger partial charge in [0.1, 0.15) is 6.07 Å². The van der Waals surface area contributed by atoms with Crippen molar-refractivity contribution >= 4 is 11.4 Å². The lowest BCUT2D eigenvalue weighted by atomic mass is 10.2. The zero-order chi connectivity index (χ0) is 11.0. The highest BCUT2D eigenvalue weighted by molar-refractivity contribution is 5.76. The molecule has 3 N–H and O–H groups in total. The predicted molar refractivity (Wildman–Crippen MR) is 50.2 cm³/mol. The number of hydrogen-bond acceptors (Lipinski definition) is 6. The molecule has 0 amide bonds. The molecule has 0 bridgehead atoms. The van der Waals surface area contributed by atoms with Crippen molar-refractivity contribution < 1.29 is 15.5 Å². The van der Waals surface area contributed by atoms with Crippen molar-refractivity contribution in [1.29, 1.82) is 5.26 Å². The van der Waals surface area contributed by atoms with Gasteiger partial charge in [-0.25, -0.2) is 5.06 Å². The number of benzene rings is 1. The van der Waals surface area contributed by atoms with Gasteiger partial charge in [0.15, 0.2) is 0 Å². The third-order valence-electron chi connectivity index (χ3n) is 2.07. The number of fused-ring (bicyclic) bond motifs is 1. The van der Waals surface area contributed by atoms with Crippen LogP contribution < -0.4 is 10.1 Å². The van der Waals surface area contributed by atoms with E-state index in [1.54, 1.807) is 18.2 Å². The number of aliphatic hydroxyl groups excluding tert-OH is 1. The molecule has 1 aliphatic heterocycles. The maximum atomic E-state index is 9.56. The van der Waals surface area contributed by atoms with E-state index in [0.29, 0.717) is 10.1 Å². The number of hydrogen-bond donors (Lipinski definition) is 3. The van der Waals surface area contributed by atoms with Crippen LogP contribution in [-0.4, -0.2) is 15.5 Å². The van der Waals surface area contributed by atoms with Crippen LogP contribution in [0.3, 0.4) is 0 Å². The lowest BCUT2D eigenvalue weighted by Gasteiger charge is -2.29. The van der Waals surface area contributed by atoms with Crippen molar-refractivity contribution in [2.45, 2.75) is 0 Å². The molecule has 6 heteroatoms. The van der Waals surface area contributed by atoms with Crippen molar-refractivity contribution in [1.82, 2.24) is 0 Å². The van der Waals surface area contributed by atoms with Crippen molar-refractivity contribution in [3.63, 3.8) is 0 Å². The average Bonchev–Trinajstić information content (AvgIpc) is 2.27. The molecule has 6 nitrogen and oxygen atoms in total. The summed E-state index contributed by atoms with van der Waals surface area (Å²) in [5.74, 6) is -0.710. The molecule has 2 rings (SSSR count). The Balaban J connectivity index is 2.64. The first-order chi connectivity index (χ1) is 7.16. The summed E-state index contributed by atoms with van der Waals surface area (Å²) in [7, 11) is 0. The quantitative estimate of drug-likeness (QED) is 0.592. The zero-order valence-corrected chi connectivity index (χ0v) is 7.49. The van der Waals surface area contributed by atoms with Gasteiger partial charge in [-0.15, -0.1) is 0 Å². The number of para-hydroxylation sites is 2. The molecule has 0 fully saturated rings. The van der Waals surface area contributed by atoms with Crippen LogP contribution in [0.25, 0.3) is 0 Å². The largest absolute Gasteiger partial charge is 0.491 e. The second-order valence-corrected chi connectivity index (χ2v) is 2.90. The number of nitriles is 1. The van der Waals surface area contributed by atoms with E-state index in [9.17, 15) is 15.5 Å². The molecular formula is C9H7N3O3. The maximum Gasteiger partial charge on any atom is 0.254 e. The molecule has 0 saturated heterocycles. The van der Waals surface area contributed by atoms with Gasteiger partial charge >= 0.3 is 0 Å². The molecule has 1 aromatic carbocycles. The summed E-state index contributed by atoms with van der Waals surface area (Å²) < 4.78 is 0. The number of rotatable bonds is 0. The van der Waals surface area contributed by atoms with E-state index in [4.69, 9.17) is 5.26 Å². The minimum atomic E-state index is -0.710. The first-order valence-electron chi connectivity index (χ1n) is 4.07. The molecule has 0 unspecified atom stereocenters. The van der Waals surface area contributed by atoms with Crippen LogP contribution in [0.4, 0.5) is 11.4 Å². The number of allylic oxidation sites excluding steroid dienone is 1. The highest BCUT2D eigenvalue weighted by atomic mass is 16.5. The molecule has 1 aliphatic rings. The smallest absolute Gasteiger partial charge is 0.254 e. The fourth-order valence-electron chi connectivity index (χ4n) is 1.35. The number of nitrogens with zero attached hydrogens (tertiary/aromatic N) is 3. The van der Waals surface area contributed by atoms with Crippen molar-refractivity contribution in [2.24, 2.45) is 0 Å². The minimum Gasteiger partial charge on any atom is -0.491 e. The molecule has 0 spiro atoms. The van der Waals surface area contributed by atoms with Gasteiger partial charge in [0.25, 0.3) is 5.88 Å². The molecule has 15 heavy (non-hydrogen) atoms. The predicted octanol–water partition coefficient (Wildman–Crippen LogP) is 1.34. The first kappa shape index (κ1) is 9.33. The lowest BCUT2D eigenvalue weighted by Crippen LogP contribution is -2.32. The SMILES string of the molecule is N#CC1=C(O)N(O)c2ccccc2N1O. The Bertz CT molecular complexity index is 478. The van der Waals surface area contributed by atoms with Crippen molar-refractivity contribution in [2.75, 3.05) is 10.1 Å². The molecule has 1 heterocycles.